The Kier molecular flexibility index (Phi) is 3.78. The number of nitrogens with one attached hydrogen (secondary N) is 1. The summed E-state index contributed by atoms with van der Waals surface area (Å²) in [6, 6.07) is 6.31. The molecule has 0 radical (unpaired) electrons. The maximum atomic E-state index is 6.09. The second-order valence-corrected chi connectivity index (χ2v) is 5.44. The van der Waals surface area contributed by atoms with Gasteiger partial charge in [0.2, 0.25) is 0 Å². The van der Waals surface area contributed by atoms with E-state index in [2.05, 4.69) is 11.4 Å². The number of hydrogen-bond donors (Lipinski definition) is 2. The van der Waals surface area contributed by atoms with Crippen LogP contribution in [0.3, 0.4) is 0 Å². The third-order valence-corrected chi connectivity index (χ3v) is 3.05. The molecule has 4 nitrogen and oxygen atoms in total. The van der Waals surface area contributed by atoms with E-state index >= 15 is 0 Å². The topological polar surface area (TPSA) is 56.5 Å². The number of benzene rings is 1. The lowest BCUT2D eigenvalue weighted by atomic mass is 9.92. The second-order valence-electron chi connectivity index (χ2n) is 5.44. The van der Waals surface area contributed by atoms with Crippen LogP contribution in [-0.4, -0.2) is 25.8 Å². The second kappa shape index (κ2) is 5.16. The predicted molar refractivity (Wildman–Crippen MR) is 72.1 cm³/mol. The summed E-state index contributed by atoms with van der Waals surface area (Å²) in [5.74, 6) is 1.65. The molecule has 1 aliphatic rings. The molecule has 100 valence electrons. The minimum absolute atomic E-state index is 0.207. The summed E-state index contributed by atoms with van der Waals surface area (Å²) in [4.78, 5) is 0. The van der Waals surface area contributed by atoms with Crippen LogP contribution in [0, 0.1) is 0 Å². The van der Waals surface area contributed by atoms with Crippen LogP contribution in [0.5, 0.6) is 11.5 Å². The molecular weight excluding hydrogens is 228 g/mol. The van der Waals surface area contributed by atoms with Gasteiger partial charge in [0.15, 0.2) is 11.5 Å². The average molecular weight is 250 g/mol. The molecule has 0 amide bonds. The molecule has 1 heterocycles. The lowest BCUT2D eigenvalue weighted by molar-refractivity contribution is 0.171. The zero-order chi connectivity index (χ0) is 13.2. The third kappa shape index (κ3) is 3.15. The highest BCUT2D eigenvalue weighted by molar-refractivity contribution is 5.44. The number of hydrogen-bond acceptors (Lipinski definition) is 4. The molecule has 1 unspecified atom stereocenters. The van der Waals surface area contributed by atoms with Gasteiger partial charge in [0.1, 0.15) is 13.2 Å². The molecule has 0 saturated heterocycles. The Balaban J connectivity index is 2.21. The Hall–Kier alpha value is -1.26. The molecule has 2 rings (SSSR count). The summed E-state index contributed by atoms with van der Waals surface area (Å²) >= 11 is 0. The Labute approximate surface area is 108 Å². The van der Waals surface area contributed by atoms with Gasteiger partial charge in [0.25, 0.3) is 0 Å². The van der Waals surface area contributed by atoms with E-state index in [1.54, 1.807) is 0 Å². The van der Waals surface area contributed by atoms with Gasteiger partial charge in [-0.05, 0) is 45.0 Å². The number of fused-ring (bicyclic) bond motifs is 1. The monoisotopic (exact) mass is 250 g/mol. The van der Waals surface area contributed by atoms with Crippen molar-refractivity contribution in [3.63, 3.8) is 0 Å². The van der Waals surface area contributed by atoms with Gasteiger partial charge in [-0.1, -0.05) is 6.07 Å². The van der Waals surface area contributed by atoms with Gasteiger partial charge >= 0.3 is 0 Å². The summed E-state index contributed by atoms with van der Waals surface area (Å²) < 4.78 is 11.1. The summed E-state index contributed by atoms with van der Waals surface area (Å²) in [5.41, 5.74) is 7.06. The zero-order valence-corrected chi connectivity index (χ0v) is 11.3. The lowest BCUT2D eigenvalue weighted by Crippen LogP contribution is -2.36. The lowest BCUT2D eigenvalue weighted by Gasteiger charge is -2.27. The smallest absolute Gasteiger partial charge is 0.161 e. The van der Waals surface area contributed by atoms with E-state index in [1.807, 2.05) is 33.0 Å². The maximum absolute atomic E-state index is 6.09. The highest BCUT2D eigenvalue weighted by Crippen LogP contribution is 2.34. The molecule has 0 spiro atoms. The first kappa shape index (κ1) is 13.2. The molecule has 1 aromatic carbocycles. The summed E-state index contributed by atoms with van der Waals surface area (Å²) in [5, 5.41) is 3.31. The van der Waals surface area contributed by atoms with Crippen molar-refractivity contribution >= 4 is 0 Å². The first-order valence-electron chi connectivity index (χ1n) is 6.35. The summed E-state index contributed by atoms with van der Waals surface area (Å²) in [6.07, 6.45) is 0.864. The van der Waals surface area contributed by atoms with Crippen LogP contribution < -0.4 is 20.5 Å². The zero-order valence-electron chi connectivity index (χ0n) is 11.3. The Morgan fingerprint density at radius 2 is 1.94 bits per heavy atom. The molecular formula is C14H22N2O2. The van der Waals surface area contributed by atoms with E-state index in [-0.39, 0.29) is 11.6 Å². The van der Waals surface area contributed by atoms with Crippen molar-refractivity contribution in [2.24, 2.45) is 5.73 Å². The number of nitrogens with two attached hydrogens (primary N) is 1. The summed E-state index contributed by atoms with van der Waals surface area (Å²) in [6.45, 7) is 5.31. The molecule has 0 saturated carbocycles. The van der Waals surface area contributed by atoms with Crippen molar-refractivity contribution in [2.75, 3.05) is 20.3 Å². The minimum atomic E-state index is -0.207. The standard InChI is InChI=1S/C14H22N2O2/c1-14(2,15)9-11(16-3)10-4-5-12-13(8-10)18-7-6-17-12/h4-5,8,11,16H,6-7,9,15H2,1-3H3. The largest absolute Gasteiger partial charge is 0.486 e. The highest BCUT2D eigenvalue weighted by Gasteiger charge is 2.21. The summed E-state index contributed by atoms with van der Waals surface area (Å²) in [7, 11) is 1.95. The SMILES string of the molecule is CNC(CC(C)(C)N)c1ccc2c(c1)OCCO2. The van der Waals surface area contributed by atoms with E-state index in [4.69, 9.17) is 15.2 Å². The average Bonchev–Trinajstić information content (AvgIpc) is 2.34. The molecule has 0 fully saturated rings. The van der Waals surface area contributed by atoms with Gasteiger partial charge in [0.05, 0.1) is 0 Å². The molecule has 0 aliphatic carbocycles. The van der Waals surface area contributed by atoms with E-state index in [0.29, 0.717) is 13.2 Å². The van der Waals surface area contributed by atoms with Crippen LogP contribution in [0.4, 0.5) is 0 Å². The van der Waals surface area contributed by atoms with Gasteiger partial charge in [-0.25, -0.2) is 0 Å². The van der Waals surface area contributed by atoms with Crippen molar-refractivity contribution in [3.05, 3.63) is 23.8 Å². The van der Waals surface area contributed by atoms with Crippen LogP contribution in [0.2, 0.25) is 0 Å². The van der Waals surface area contributed by atoms with Crippen molar-refractivity contribution in [3.8, 4) is 11.5 Å². The van der Waals surface area contributed by atoms with Crippen LogP contribution in [0.25, 0.3) is 0 Å². The van der Waals surface area contributed by atoms with Gasteiger partial charge in [-0.3, -0.25) is 0 Å². The van der Waals surface area contributed by atoms with Crippen LogP contribution in [0.1, 0.15) is 31.9 Å². The number of ether oxygens (including phenoxy) is 2. The normalized spacial score (nSPS) is 16.4. The Morgan fingerprint density at radius 3 is 2.56 bits per heavy atom. The molecule has 4 heteroatoms. The Bertz CT molecular complexity index is 413. The molecule has 0 aromatic heterocycles. The van der Waals surface area contributed by atoms with E-state index in [0.717, 1.165) is 17.9 Å². The molecule has 1 atom stereocenters. The Morgan fingerprint density at radius 1 is 1.28 bits per heavy atom. The number of rotatable bonds is 4. The molecule has 1 aliphatic heterocycles. The molecule has 3 N–H and O–H groups in total. The highest BCUT2D eigenvalue weighted by atomic mass is 16.6. The van der Waals surface area contributed by atoms with Crippen molar-refractivity contribution in [1.82, 2.24) is 5.32 Å². The minimum Gasteiger partial charge on any atom is -0.486 e. The maximum Gasteiger partial charge on any atom is 0.161 e. The van der Waals surface area contributed by atoms with Crippen molar-refractivity contribution in [2.45, 2.75) is 31.8 Å². The first-order chi connectivity index (χ1) is 8.49. The van der Waals surface area contributed by atoms with Gasteiger partial charge in [-0.15, -0.1) is 0 Å². The van der Waals surface area contributed by atoms with Crippen LogP contribution >= 0.6 is 0 Å². The van der Waals surface area contributed by atoms with E-state index in [9.17, 15) is 0 Å². The van der Waals surface area contributed by atoms with Gasteiger partial charge < -0.3 is 20.5 Å². The van der Waals surface area contributed by atoms with Gasteiger partial charge in [0, 0.05) is 11.6 Å². The van der Waals surface area contributed by atoms with Crippen molar-refractivity contribution < 1.29 is 9.47 Å². The molecule has 0 bridgehead atoms. The fourth-order valence-electron chi connectivity index (χ4n) is 2.19. The quantitative estimate of drug-likeness (QED) is 0.856. The van der Waals surface area contributed by atoms with Crippen molar-refractivity contribution in [1.29, 1.82) is 0 Å². The van der Waals surface area contributed by atoms with Gasteiger partial charge in [-0.2, -0.15) is 0 Å². The predicted octanol–water partition coefficient (Wildman–Crippen LogP) is 1.85. The van der Waals surface area contributed by atoms with Crippen LogP contribution in [-0.2, 0) is 0 Å². The third-order valence-electron chi connectivity index (χ3n) is 3.05. The first-order valence-corrected chi connectivity index (χ1v) is 6.35. The molecule has 1 aromatic rings. The van der Waals surface area contributed by atoms with E-state index in [1.165, 1.54) is 5.56 Å². The molecule has 18 heavy (non-hydrogen) atoms. The van der Waals surface area contributed by atoms with E-state index < -0.39 is 0 Å². The fraction of sp³-hybridized carbons (Fsp3) is 0.571. The fourth-order valence-corrected chi connectivity index (χ4v) is 2.19. The van der Waals surface area contributed by atoms with Crippen LogP contribution in [0.15, 0.2) is 18.2 Å².